The average Bonchev–Trinajstić information content (AvgIpc) is 3.15. The van der Waals surface area contributed by atoms with Crippen molar-refractivity contribution >= 4 is 40.0 Å². The molecule has 1 aromatic rings. The smallest absolute Gasteiger partial charge is 0.243 e. The summed E-state index contributed by atoms with van der Waals surface area (Å²) in [6.07, 6.45) is 3.67. The zero-order chi connectivity index (χ0) is 22.5. The lowest BCUT2D eigenvalue weighted by Gasteiger charge is -2.28. The van der Waals surface area contributed by atoms with E-state index in [9.17, 15) is 9.59 Å². The van der Waals surface area contributed by atoms with E-state index in [1.165, 1.54) is 0 Å². The van der Waals surface area contributed by atoms with Gasteiger partial charge in [-0.3, -0.25) is 14.6 Å². The van der Waals surface area contributed by atoms with E-state index in [1.54, 1.807) is 11.1 Å². The van der Waals surface area contributed by atoms with Crippen LogP contribution in [0.5, 0.6) is 0 Å². The molecule has 1 fully saturated rings. The van der Waals surface area contributed by atoms with Crippen LogP contribution in [-0.2, 0) is 9.59 Å². The van der Waals surface area contributed by atoms with E-state index in [0.29, 0.717) is 19.4 Å². The number of halogens is 1. The summed E-state index contributed by atoms with van der Waals surface area (Å²) in [6, 6.07) is 7.34. The molecule has 1 aliphatic rings. The van der Waals surface area contributed by atoms with Gasteiger partial charge in [-0.15, -0.1) is 0 Å². The minimum atomic E-state index is -0.383. The average molecular weight is 474 g/mol. The van der Waals surface area contributed by atoms with Crippen molar-refractivity contribution in [2.75, 3.05) is 6.54 Å². The third-order valence-electron chi connectivity index (χ3n) is 5.15. The highest BCUT2D eigenvalue weighted by atomic mass is 79.9. The first-order valence-corrected chi connectivity index (χ1v) is 11.0. The van der Waals surface area contributed by atoms with Crippen molar-refractivity contribution in [2.45, 2.75) is 59.0 Å². The normalized spacial score (nSPS) is 18.1. The number of aliphatic imine (C=N–C) groups is 1. The van der Waals surface area contributed by atoms with Gasteiger partial charge < -0.3 is 10.2 Å². The van der Waals surface area contributed by atoms with Crippen LogP contribution < -0.4 is 5.32 Å². The van der Waals surface area contributed by atoms with Gasteiger partial charge in [0.05, 0.1) is 6.04 Å². The molecule has 2 amide bonds. The van der Waals surface area contributed by atoms with Crippen LogP contribution in [0.25, 0.3) is 5.57 Å². The van der Waals surface area contributed by atoms with Gasteiger partial charge in [-0.2, -0.15) is 0 Å². The monoisotopic (exact) mass is 473 g/mol. The fourth-order valence-electron chi connectivity index (χ4n) is 3.63. The van der Waals surface area contributed by atoms with Crippen molar-refractivity contribution < 1.29 is 9.59 Å². The summed E-state index contributed by atoms with van der Waals surface area (Å²) in [5, 5.41) is 3.08. The second kappa shape index (κ2) is 10.2. The maximum absolute atomic E-state index is 12.9. The predicted molar refractivity (Wildman–Crippen MR) is 127 cm³/mol. The SMILES string of the molecule is C=N/C=C(\C(=C)Br)c1ccc(C(C)NC(=O)C2CCCN2C(=O)CC(C)(C)C)cc1. The summed E-state index contributed by atoms with van der Waals surface area (Å²) >= 11 is 3.39. The Labute approximate surface area is 188 Å². The van der Waals surface area contributed by atoms with Gasteiger partial charge in [-0.1, -0.05) is 67.5 Å². The molecule has 1 heterocycles. The van der Waals surface area contributed by atoms with Crippen molar-refractivity contribution in [3.05, 3.63) is 52.7 Å². The number of amides is 2. The summed E-state index contributed by atoms with van der Waals surface area (Å²) in [7, 11) is 0. The highest BCUT2D eigenvalue weighted by molar-refractivity contribution is 9.12. The molecule has 162 valence electrons. The molecule has 2 atom stereocenters. The molecule has 30 heavy (non-hydrogen) atoms. The number of nitrogens with zero attached hydrogens (tertiary/aromatic N) is 2. The predicted octanol–water partition coefficient (Wildman–Crippen LogP) is 5.24. The minimum absolute atomic E-state index is 0.0577. The number of rotatable bonds is 7. The van der Waals surface area contributed by atoms with Crippen molar-refractivity contribution in [3.63, 3.8) is 0 Å². The molecule has 2 rings (SSSR count). The third-order valence-corrected chi connectivity index (χ3v) is 5.58. The lowest BCUT2D eigenvalue weighted by atomic mass is 9.91. The quantitative estimate of drug-likeness (QED) is 0.434. The number of allylic oxidation sites excluding steroid dienone is 2. The Hall–Kier alpha value is -2.21. The first-order chi connectivity index (χ1) is 14.0. The van der Waals surface area contributed by atoms with Crippen LogP contribution in [-0.4, -0.2) is 36.0 Å². The number of carbonyl (C=O) groups excluding carboxylic acids is 2. The van der Waals surface area contributed by atoms with Crippen LogP contribution in [0.15, 0.2) is 46.5 Å². The van der Waals surface area contributed by atoms with Crippen molar-refractivity contribution in [2.24, 2.45) is 10.4 Å². The molecule has 1 aliphatic heterocycles. The van der Waals surface area contributed by atoms with E-state index in [0.717, 1.165) is 27.6 Å². The molecular formula is C24H32BrN3O2. The molecule has 1 saturated heterocycles. The lowest BCUT2D eigenvalue weighted by Crippen LogP contribution is -2.47. The van der Waals surface area contributed by atoms with Crippen LogP contribution in [0.1, 0.15) is 64.1 Å². The lowest BCUT2D eigenvalue weighted by molar-refractivity contribution is -0.140. The molecule has 0 aromatic heterocycles. The Balaban J connectivity index is 2.06. The standard InChI is InChI=1S/C24H32BrN3O2/c1-16(25)20(15-26-6)19-11-9-18(10-12-19)17(2)27-23(30)21-8-7-13-28(21)22(29)14-24(3,4)5/h9-12,15,17,21H,1,6-8,13-14H2,2-5H3,(H,27,30)/b20-15+. The van der Waals surface area contributed by atoms with Gasteiger partial charge in [0.15, 0.2) is 0 Å². The Morgan fingerprint density at radius 3 is 2.50 bits per heavy atom. The van der Waals surface area contributed by atoms with Crippen LogP contribution in [0, 0.1) is 5.41 Å². The van der Waals surface area contributed by atoms with Crippen LogP contribution in [0.3, 0.4) is 0 Å². The van der Waals surface area contributed by atoms with Gasteiger partial charge in [-0.05, 0) is 43.0 Å². The first-order valence-electron chi connectivity index (χ1n) is 10.2. The zero-order valence-electron chi connectivity index (χ0n) is 18.4. The Kier molecular flexibility index (Phi) is 8.18. The summed E-state index contributed by atoms with van der Waals surface area (Å²) in [5.74, 6) is -0.0288. The van der Waals surface area contributed by atoms with Gasteiger partial charge in [0.2, 0.25) is 11.8 Å². The summed E-state index contributed by atoms with van der Waals surface area (Å²) in [6.45, 7) is 16.1. The summed E-state index contributed by atoms with van der Waals surface area (Å²) in [4.78, 5) is 31.1. The van der Waals surface area contributed by atoms with Gasteiger partial charge in [-0.25, -0.2) is 0 Å². The van der Waals surface area contributed by atoms with E-state index in [-0.39, 0.29) is 29.3 Å². The highest BCUT2D eigenvalue weighted by Gasteiger charge is 2.35. The fourth-order valence-corrected chi connectivity index (χ4v) is 3.96. The molecule has 0 spiro atoms. The molecule has 1 aromatic carbocycles. The molecular weight excluding hydrogens is 442 g/mol. The summed E-state index contributed by atoms with van der Waals surface area (Å²) < 4.78 is 0.727. The maximum Gasteiger partial charge on any atom is 0.243 e. The summed E-state index contributed by atoms with van der Waals surface area (Å²) in [5.41, 5.74) is 2.71. The van der Waals surface area contributed by atoms with E-state index in [4.69, 9.17) is 0 Å². The van der Waals surface area contributed by atoms with Crippen molar-refractivity contribution in [1.82, 2.24) is 10.2 Å². The van der Waals surface area contributed by atoms with E-state index >= 15 is 0 Å². The van der Waals surface area contributed by atoms with Gasteiger partial charge in [0.1, 0.15) is 6.04 Å². The number of hydrogen-bond donors (Lipinski definition) is 1. The topological polar surface area (TPSA) is 61.8 Å². The Morgan fingerprint density at radius 2 is 1.97 bits per heavy atom. The molecule has 1 N–H and O–H groups in total. The first kappa shape index (κ1) is 24.1. The third kappa shape index (κ3) is 6.39. The van der Waals surface area contributed by atoms with E-state index in [1.807, 2.05) is 52.0 Å². The molecule has 0 bridgehead atoms. The van der Waals surface area contributed by atoms with Crippen LogP contribution in [0.2, 0.25) is 0 Å². The van der Waals surface area contributed by atoms with Gasteiger partial charge >= 0.3 is 0 Å². The van der Waals surface area contributed by atoms with Gasteiger partial charge in [0, 0.05) is 29.2 Å². The second-order valence-electron chi connectivity index (χ2n) is 8.97. The van der Waals surface area contributed by atoms with E-state index < -0.39 is 0 Å². The highest BCUT2D eigenvalue weighted by Crippen LogP contribution is 2.28. The number of benzene rings is 1. The molecule has 6 heteroatoms. The number of hydrogen-bond acceptors (Lipinski definition) is 3. The molecule has 0 radical (unpaired) electrons. The Bertz CT molecular complexity index is 837. The molecule has 0 saturated carbocycles. The molecule has 2 unspecified atom stereocenters. The van der Waals surface area contributed by atoms with Crippen molar-refractivity contribution in [1.29, 1.82) is 0 Å². The largest absolute Gasteiger partial charge is 0.348 e. The van der Waals surface area contributed by atoms with Crippen LogP contribution in [0.4, 0.5) is 0 Å². The second-order valence-corrected chi connectivity index (χ2v) is 9.92. The maximum atomic E-state index is 12.9. The zero-order valence-corrected chi connectivity index (χ0v) is 20.0. The fraction of sp³-hybridized carbons (Fsp3) is 0.458. The van der Waals surface area contributed by atoms with Crippen molar-refractivity contribution in [3.8, 4) is 0 Å². The Morgan fingerprint density at radius 1 is 1.33 bits per heavy atom. The minimum Gasteiger partial charge on any atom is -0.348 e. The molecule has 5 nitrogen and oxygen atoms in total. The molecule has 0 aliphatic carbocycles. The number of likely N-dealkylation sites (tertiary alicyclic amines) is 1. The van der Waals surface area contributed by atoms with E-state index in [2.05, 4.69) is 39.5 Å². The van der Waals surface area contributed by atoms with Gasteiger partial charge in [0.25, 0.3) is 0 Å². The number of carbonyl (C=O) groups is 2. The number of nitrogens with one attached hydrogen (secondary N) is 1. The van der Waals surface area contributed by atoms with Crippen LogP contribution >= 0.6 is 15.9 Å².